The molecule has 5 rings (SSSR count). The van der Waals surface area contributed by atoms with Gasteiger partial charge < -0.3 is 14.3 Å². The summed E-state index contributed by atoms with van der Waals surface area (Å²) in [5, 5.41) is 4.63. The second-order valence-electron chi connectivity index (χ2n) is 16.9. The molecular formula is C42H49O3P-2. The van der Waals surface area contributed by atoms with Crippen LogP contribution in [0.25, 0.3) is 43.8 Å². The number of hydrogen-bond donors (Lipinski definition) is 0. The molecule has 4 heteroatoms. The van der Waals surface area contributed by atoms with Gasteiger partial charge in [-0.15, -0.1) is 0 Å². The summed E-state index contributed by atoms with van der Waals surface area (Å²) in [5.74, 6) is 0.341. The average Bonchev–Trinajstić information content (AvgIpc) is 2.93. The zero-order chi connectivity index (χ0) is 34.0. The van der Waals surface area contributed by atoms with Crippen molar-refractivity contribution in [3.05, 3.63) is 101 Å². The van der Waals surface area contributed by atoms with Crippen LogP contribution in [0.4, 0.5) is 0 Å². The van der Waals surface area contributed by atoms with Gasteiger partial charge in [0.1, 0.15) is 5.75 Å². The van der Waals surface area contributed by atoms with Gasteiger partial charge in [-0.05, 0) is 112 Å². The van der Waals surface area contributed by atoms with Gasteiger partial charge >= 0.3 is 0 Å². The highest BCUT2D eigenvalue weighted by Gasteiger charge is 2.28. The maximum atomic E-state index is 12.2. The number of fused-ring (bicyclic) bond motifs is 2. The van der Waals surface area contributed by atoms with Crippen molar-refractivity contribution in [2.75, 3.05) is 0 Å². The molecule has 0 radical (unpaired) electrons. The Kier molecular flexibility index (Phi) is 8.74. The third-order valence-corrected chi connectivity index (χ3v) is 9.41. The molecule has 0 aromatic heterocycles. The highest BCUT2D eigenvalue weighted by Crippen LogP contribution is 2.49. The first-order chi connectivity index (χ1) is 21.1. The molecule has 0 aliphatic heterocycles. The van der Waals surface area contributed by atoms with E-state index in [0.29, 0.717) is 5.75 Å². The molecule has 0 unspecified atom stereocenters. The van der Waals surface area contributed by atoms with Gasteiger partial charge in [-0.2, -0.15) is 0 Å². The maximum absolute atomic E-state index is 12.2. The largest absolute Gasteiger partial charge is 0.810 e. The van der Waals surface area contributed by atoms with E-state index in [-0.39, 0.29) is 21.7 Å². The number of rotatable bonds is 4. The van der Waals surface area contributed by atoms with Crippen LogP contribution < -0.4 is 14.3 Å². The Balaban J connectivity index is 1.90. The van der Waals surface area contributed by atoms with Crippen LogP contribution in [0.5, 0.6) is 5.75 Å². The Labute approximate surface area is 277 Å². The second kappa shape index (κ2) is 11.8. The first kappa shape index (κ1) is 34.1. The molecule has 0 saturated heterocycles. The van der Waals surface area contributed by atoms with Gasteiger partial charge in [0, 0.05) is 5.56 Å². The van der Waals surface area contributed by atoms with Crippen molar-refractivity contribution >= 4 is 30.1 Å². The van der Waals surface area contributed by atoms with E-state index in [0.717, 1.165) is 38.6 Å². The van der Waals surface area contributed by atoms with Gasteiger partial charge in [-0.1, -0.05) is 140 Å². The highest BCUT2D eigenvalue weighted by atomic mass is 31.2. The molecule has 0 fully saturated rings. The van der Waals surface area contributed by atoms with E-state index in [1.54, 1.807) is 6.07 Å². The summed E-state index contributed by atoms with van der Waals surface area (Å²) in [5.41, 5.74) is 8.36. The van der Waals surface area contributed by atoms with Crippen LogP contribution in [-0.2, 0) is 21.7 Å². The van der Waals surface area contributed by atoms with Crippen molar-refractivity contribution in [3.8, 4) is 28.0 Å². The average molecular weight is 633 g/mol. The van der Waals surface area contributed by atoms with Crippen molar-refractivity contribution in [2.24, 2.45) is 0 Å². The fourth-order valence-corrected chi connectivity index (χ4v) is 6.70. The third kappa shape index (κ3) is 6.89. The first-order valence-corrected chi connectivity index (χ1v) is 17.4. The SMILES string of the molecule is CC(C)(C)c1ccc2cc(-c3cccc(OP([O-])[O-])c3-c3cc4ccc(C(C)(C)C)cc4cc3C(C)(C)C)c(C(C)(C)C)cc2c1. The molecule has 0 N–H and O–H groups in total. The third-order valence-electron chi connectivity index (χ3n) is 9.06. The Hall–Kier alpha value is -3.23. The van der Waals surface area contributed by atoms with E-state index in [9.17, 15) is 9.79 Å². The van der Waals surface area contributed by atoms with Crippen molar-refractivity contribution in [2.45, 2.75) is 105 Å². The normalized spacial score (nSPS) is 13.2. The molecule has 5 aromatic carbocycles. The zero-order valence-electron chi connectivity index (χ0n) is 29.7. The van der Waals surface area contributed by atoms with Crippen LogP contribution >= 0.6 is 8.60 Å². The predicted molar refractivity (Wildman–Crippen MR) is 195 cm³/mol. The molecule has 0 spiro atoms. The van der Waals surface area contributed by atoms with E-state index in [1.165, 1.54) is 27.5 Å². The molecule has 0 atom stereocenters. The van der Waals surface area contributed by atoms with E-state index in [1.807, 2.05) is 6.07 Å². The van der Waals surface area contributed by atoms with Gasteiger partial charge in [-0.25, -0.2) is 0 Å². The lowest BCUT2D eigenvalue weighted by Gasteiger charge is -2.33. The number of benzene rings is 5. The summed E-state index contributed by atoms with van der Waals surface area (Å²) < 4.78 is 5.63. The Bertz CT molecular complexity index is 1920. The van der Waals surface area contributed by atoms with Crippen LogP contribution in [0, 0.1) is 0 Å². The predicted octanol–water partition coefficient (Wildman–Crippen LogP) is 10.8. The van der Waals surface area contributed by atoms with Gasteiger partial charge in [-0.3, -0.25) is 0 Å². The lowest BCUT2D eigenvalue weighted by molar-refractivity contribution is -0.310. The number of hydrogen-bond acceptors (Lipinski definition) is 3. The summed E-state index contributed by atoms with van der Waals surface area (Å²) in [7, 11) is -3.13. The van der Waals surface area contributed by atoms with Crippen LogP contribution in [-0.4, -0.2) is 0 Å². The lowest BCUT2D eigenvalue weighted by atomic mass is 9.75. The first-order valence-electron chi connectivity index (χ1n) is 16.3. The molecule has 0 amide bonds. The van der Waals surface area contributed by atoms with Crippen molar-refractivity contribution in [3.63, 3.8) is 0 Å². The van der Waals surface area contributed by atoms with Crippen molar-refractivity contribution in [1.82, 2.24) is 0 Å². The summed E-state index contributed by atoms with van der Waals surface area (Å²) >= 11 is 0. The fourth-order valence-electron chi connectivity index (χ4n) is 6.39. The van der Waals surface area contributed by atoms with Gasteiger partial charge in [0.05, 0.1) is 0 Å². The maximum Gasteiger partial charge on any atom is 0.128 e. The van der Waals surface area contributed by atoms with Crippen LogP contribution in [0.2, 0.25) is 0 Å². The lowest BCUT2D eigenvalue weighted by Crippen LogP contribution is -2.16. The van der Waals surface area contributed by atoms with Crippen LogP contribution in [0.3, 0.4) is 0 Å². The smallest absolute Gasteiger partial charge is 0.128 e. The standard InChI is InChI=1S/C42H49O3P/c1-39(2,3)30-18-16-26-22-33(35(41(7,8)9)24-28(26)20-30)32-14-13-15-37(45-46(43)44)38(32)34-23-27-17-19-31(40(4,5)6)21-29(27)25-36(34)42(10,11)12/h13-25H,1-12H3/q-2. The monoisotopic (exact) mass is 632 g/mol. The van der Waals surface area contributed by atoms with E-state index >= 15 is 0 Å². The van der Waals surface area contributed by atoms with Crippen molar-refractivity contribution in [1.29, 1.82) is 0 Å². The molecule has 0 aliphatic rings. The molecule has 0 bridgehead atoms. The Morgan fingerprint density at radius 1 is 0.457 bits per heavy atom. The summed E-state index contributed by atoms with van der Waals surface area (Å²) in [6.07, 6.45) is 0. The molecule has 0 heterocycles. The quantitative estimate of drug-likeness (QED) is 0.185. The molecule has 5 aromatic rings. The summed E-state index contributed by atoms with van der Waals surface area (Å²) in [6, 6.07) is 28.3. The molecular weight excluding hydrogens is 583 g/mol. The van der Waals surface area contributed by atoms with E-state index < -0.39 is 8.60 Å². The van der Waals surface area contributed by atoms with Crippen molar-refractivity contribution < 1.29 is 14.3 Å². The Morgan fingerprint density at radius 3 is 1.35 bits per heavy atom. The van der Waals surface area contributed by atoms with Gasteiger partial charge in [0.15, 0.2) is 0 Å². The minimum atomic E-state index is -3.13. The highest BCUT2D eigenvalue weighted by molar-refractivity contribution is 7.36. The molecule has 0 saturated carbocycles. The van der Waals surface area contributed by atoms with E-state index in [4.69, 9.17) is 4.52 Å². The van der Waals surface area contributed by atoms with Crippen LogP contribution in [0.15, 0.2) is 78.9 Å². The van der Waals surface area contributed by atoms with E-state index in [2.05, 4.69) is 150 Å². The molecule has 242 valence electrons. The summed E-state index contributed by atoms with van der Waals surface area (Å²) in [6.45, 7) is 26.8. The van der Waals surface area contributed by atoms with Gasteiger partial charge in [0.25, 0.3) is 0 Å². The Morgan fingerprint density at radius 2 is 0.913 bits per heavy atom. The van der Waals surface area contributed by atoms with Crippen LogP contribution in [0.1, 0.15) is 105 Å². The van der Waals surface area contributed by atoms with Gasteiger partial charge in [0.2, 0.25) is 0 Å². The molecule has 0 aliphatic carbocycles. The zero-order valence-corrected chi connectivity index (χ0v) is 30.6. The summed E-state index contributed by atoms with van der Waals surface area (Å²) in [4.78, 5) is 24.3. The minimum Gasteiger partial charge on any atom is -0.810 e. The minimum absolute atomic E-state index is 0.0227. The fraction of sp³-hybridized carbons (Fsp3) is 0.381. The second-order valence-corrected chi connectivity index (χ2v) is 17.5. The molecule has 3 nitrogen and oxygen atoms in total. The topological polar surface area (TPSA) is 55.3 Å². The molecule has 46 heavy (non-hydrogen) atoms.